The number of halogens is 1. The Kier molecular flexibility index (Phi) is 6.03. The zero-order valence-corrected chi connectivity index (χ0v) is 13.3. The van der Waals surface area contributed by atoms with Gasteiger partial charge >= 0.3 is 5.97 Å². The molecule has 2 rings (SSSR count). The number of ether oxygens (including phenoxy) is 1. The molecule has 3 nitrogen and oxygen atoms in total. The van der Waals surface area contributed by atoms with E-state index in [4.69, 9.17) is 4.74 Å². The van der Waals surface area contributed by atoms with Gasteiger partial charge in [0.1, 0.15) is 5.60 Å². The minimum Gasteiger partial charge on any atom is -0.454 e. The molecule has 0 radical (unpaired) electrons. The van der Waals surface area contributed by atoms with Gasteiger partial charge in [-0.15, -0.1) is 12.4 Å². The van der Waals surface area contributed by atoms with Crippen molar-refractivity contribution in [2.45, 2.75) is 32.3 Å². The van der Waals surface area contributed by atoms with Gasteiger partial charge in [-0.1, -0.05) is 37.3 Å². The summed E-state index contributed by atoms with van der Waals surface area (Å²) in [5.74, 6) is 0.157. The molecule has 4 heteroatoms. The first-order valence-electron chi connectivity index (χ1n) is 7.02. The molecule has 2 unspecified atom stereocenters. The molecular formula is C16H24ClNO2. The van der Waals surface area contributed by atoms with Crippen LogP contribution >= 0.6 is 12.4 Å². The van der Waals surface area contributed by atoms with E-state index < -0.39 is 5.60 Å². The molecule has 0 aliphatic carbocycles. The van der Waals surface area contributed by atoms with E-state index in [0.29, 0.717) is 5.92 Å². The Bertz CT molecular complexity index is 437. The van der Waals surface area contributed by atoms with Crippen LogP contribution in [0.15, 0.2) is 30.3 Å². The summed E-state index contributed by atoms with van der Waals surface area (Å²) in [6.45, 7) is 5.61. The first-order valence-corrected chi connectivity index (χ1v) is 7.02. The maximum absolute atomic E-state index is 11.6. The van der Waals surface area contributed by atoms with Gasteiger partial charge in [0, 0.05) is 32.4 Å². The fraction of sp³-hybridized carbons (Fsp3) is 0.562. The number of carbonyl (C=O) groups excluding carboxylic acids is 1. The van der Waals surface area contributed by atoms with Crippen LogP contribution < -0.4 is 0 Å². The number of rotatable bonds is 3. The molecule has 20 heavy (non-hydrogen) atoms. The number of benzene rings is 1. The van der Waals surface area contributed by atoms with Crippen LogP contribution in [0, 0.1) is 5.92 Å². The van der Waals surface area contributed by atoms with Crippen molar-refractivity contribution in [3.63, 3.8) is 0 Å². The molecule has 1 aliphatic rings. The average molecular weight is 298 g/mol. The molecule has 1 fully saturated rings. The summed E-state index contributed by atoms with van der Waals surface area (Å²) in [4.78, 5) is 13.9. The molecule has 1 heterocycles. The monoisotopic (exact) mass is 297 g/mol. The van der Waals surface area contributed by atoms with Crippen molar-refractivity contribution < 1.29 is 9.53 Å². The fourth-order valence-electron chi connectivity index (χ4n) is 3.18. The number of carbonyl (C=O) groups is 1. The van der Waals surface area contributed by atoms with Gasteiger partial charge in [0.05, 0.1) is 0 Å². The van der Waals surface area contributed by atoms with Crippen LogP contribution in [0.25, 0.3) is 0 Å². The lowest BCUT2D eigenvalue weighted by Gasteiger charge is -2.46. The first kappa shape index (κ1) is 17.0. The van der Waals surface area contributed by atoms with Crippen molar-refractivity contribution >= 4 is 18.4 Å². The van der Waals surface area contributed by atoms with Gasteiger partial charge in [-0.2, -0.15) is 0 Å². The minimum atomic E-state index is -0.450. The SMILES string of the molecule is CCC1CN(C)CCC1(OC(C)=O)c1ccccc1.Cl. The van der Waals surface area contributed by atoms with Crippen LogP contribution in [0.4, 0.5) is 0 Å². The highest BCUT2D eigenvalue weighted by Crippen LogP contribution is 2.42. The van der Waals surface area contributed by atoms with E-state index in [1.54, 1.807) is 0 Å². The Morgan fingerprint density at radius 2 is 2.05 bits per heavy atom. The highest BCUT2D eigenvalue weighted by Gasteiger charge is 2.45. The topological polar surface area (TPSA) is 29.5 Å². The Hall–Kier alpha value is -1.06. The van der Waals surface area contributed by atoms with E-state index in [-0.39, 0.29) is 18.4 Å². The van der Waals surface area contributed by atoms with Crippen molar-refractivity contribution in [3.8, 4) is 0 Å². The van der Waals surface area contributed by atoms with Crippen molar-refractivity contribution in [1.82, 2.24) is 4.90 Å². The molecule has 0 spiro atoms. The van der Waals surface area contributed by atoms with Crippen molar-refractivity contribution in [1.29, 1.82) is 0 Å². The Morgan fingerprint density at radius 3 is 2.60 bits per heavy atom. The standard InChI is InChI=1S/C16H23NO2.ClH/c1-4-14-12-17(3)11-10-16(14,19-13(2)18)15-8-6-5-7-9-15;/h5-9,14H,4,10-12H2,1-3H3;1H. The first-order chi connectivity index (χ1) is 9.08. The quantitative estimate of drug-likeness (QED) is 0.802. The van der Waals surface area contributed by atoms with Crippen LogP contribution in [-0.2, 0) is 15.1 Å². The smallest absolute Gasteiger partial charge is 0.303 e. The highest BCUT2D eigenvalue weighted by molar-refractivity contribution is 5.85. The molecule has 0 saturated carbocycles. The van der Waals surface area contributed by atoms with Gasteiger partial charge < -0.3 is 9.64 Å². The summed E-state index contributed by atoms with van der Waals surface area (Å²) < 4.78 is 5.85. The van der Waals surface area contributed by atoms with Gasteiger partial charge in [0.2, 0.25) is 0 Å². The third kappa shape index (κ3) is 3.33. The zero-order chi connectivity index (χ0) is 13.9. The number of piperidine rings is 1. The van der Waals surface area contributed by atoms with Crippen LogP contribution in [0.1, 0.15) is 32.3 Å². The molecule has 0 amide bonds. The predicted molar refractivity (Wildman–Crippen MR) is 83.0 cm³/mol. The lowest BCUT2D eigenvalue weighted by atomic mass is 9.74. The minimum absolute atomic E-state index is 0. The molecular weight excluding hydrogens is 274 g/mol. The molecule has 1 saturated heterocycles. The summed E-state index contributed by atoms with van der Waals surface area (Å²) in [6.07, 6.45) is 1.87. The van der Waals surface area contributed by atoms with Gasteiger partial charge in [0.25, 0.3) is 0 Å². The molecule has 1 aliphatic heterocycles. The molecule has 2 atom stereocenters. The van der Waals surface area contributed by atoms with Gasteiger partial charge in [-0.3, -0.25) is 4.79 Å². The molecule has 1 aromatic carbocycles. The van der Waals surface area contributed by atoms with Crippen LogP contribution in [0.2, 0.25) is 0 Å². The summed E-state index contributed by atoms with van der Waals surface area (Å²) in [5.41, 5.74) is 0.680. The second-order valence-corrected chi connectivity index (χ2v) is 5.47. The van der Waals surface area contributed by atoms with Gasteiger partial charge in [-0.05, 0) is 19.0 Å². The number of nitrogens with zero attached hydrogens (tertiary/aromatic N) is 1. The van der Waals surface area contributed by atoms with Gasteiger partial charge in [0.15, 0.2) is 0 Å². The molecule has 0 aromatic heterocycles. The van der Waals surface area contributed by atoms with Crippen LogP contribution in [-0.4, -0.2) is 31.0 Å². The molecule has 0 bridgehead atoms. The summed E-state index contributed by atoms with van der Waals surface area (Å²) in [6, 6.07) is 10.2. The van der Waals surface area contributed by atoms with E-state index in [0.717, 1.165) is 31.5 Å². The van der Waals surface area contributed by atoms with Crippen molar-refractivity contribution in [3.05, 3.63) is 35.9 Å². The lowest BCUT2D eigenvalue weighted by Crippen LogP contribution is -2.50. The average Bonchev–Trinajstić information content (AvgIpc) is 2.41. The lowest BCUT2D eigenvalue weighted by molar-refractivity contribution is -0.173. The van der Waals surface area contributed by atoms with Gasteiger partial charge in [-0.25, -0.2) is 0 Å². The predicted octanol–water partition coefficient (Wildman–Crippen LogP) is 3.23. The van der Waals surface area contributed by atoms with E-state index in [2.05, 4.69) is 31.0 Å². The second-order valence-electron chi connectivity index (χ2n) is 5.47. The zero-order valence-electron chi connectivity index (χ0n) is 12.5. The summed E-state index contributed by atoms with van der Waals surface area (Å²) >= 11 is 0. The third-order valence-corrected chi connectivity index (χ3v) is 4.14. The van der Waals surface area contributed by atoms with Crippen LogP contribution in [0.5, 0.6) is 0 Å². The van der Waals surface area contributed by atoms with E-state index >= 15 is 0 Å². The fourth-order valence-corrected chi connectivity index (χ4v) is 3.18. The summed E-state index contributed by atoms with van der Waals surface area (Å²) in [5, 5.41) is 0. The Balaban J connectivity index is 0.00000200. The third-order valence-electron chi connectivity index (χ3n) is 4.14. The number of esters is 1. The van der Waals surface area contributed by atoms with Crippen molar-refractivity contribution in [2.75, 3.05) is 20.1 Å². The van der Waals surface area contributed by atoms with Crippen LogP contribution in [0.3, 0.4) is 0 Å². The number of hydrogen-bond acceptors (Lipinski definition) is 3. The maximum atomic E-state index is 11.6. The largest absolute Gasteiger partial charge is 0.454 e. The number of likely N-dealkylation sites (tertiary alicyclic amines) is 1. The molecule has 1 aromatic rings. The second kappa shape index (κ2) is 7.09. The highest BCUT2D eigenvalue weighted by atomic mass is 35.5. The summed E-state index contributed by atoms with van der Waals surface area (Å²) in [7, 11) is 2.13. The molecule has 0 N–H and O–H groups in total. The van der Waals surface area contributed by atoms with E-state index in [1.807, 2.05) is 18.2 Å². The Labute approximate surface area is 127 Å². The number of hydrogen-bond donors (Lipinski definition) is 0. The Morgan fingerprint density at radius 1 is 1.40 bits per heavy atom. The van der Waals surface area contributed by atoms with E-state index in [1.165, 1.54) is 6.92 Å². The maximum Gasteiger partial charge on any atom is 0.303 e. The van der Waals surface area contributed by atoms with Crippen molar-refractivity contribution in [2.24, 2.45) is 5.92 Å². The molecule has 112 valence electrons. The normalized spacial score (nSPS) is 26.6. The van der Waals surface area contributed by atoms with E-state index in [9.17, 15) is 4.79 Å².